The molecule has 8 atom stereocenters. The maximum atomic E-state index is 13.5. The van der Waals surface area contributed by atoms with E-state index in [2.05, 4.69) is 188 Å². The first-order chi connectivity index (χ1) is 30.7. The number of anilines is 1. The van der Waals surface area contributed by atoms with Crippen molar-refractivity contribution < 1.29 is 9.67 Å². The van der Waals surface area contributed by atoms with E-state index in [1.54, 1.807) is 0 Å². The highest BCUT2D eigenvalue weighted by Gasteiger charge is 2.67. The minimum absolute atomic E-state index is 0.115. The van der Waals surface area contributed by atoms with Crippen molar-refractivity contribution in [2.24, 2.45) is 39.1 Å². The van der Waals surface area contributed by atoms with Gasteiger partial charge in [0.1, 0.15) is 5.60 Å². The molecule has 11 rings (SSSR count). The molecule has 1 aliphatic heterocycles. The highest BCUT2D eigenvalue weighted by atomic mass is 16.3. The minimum atomic E-state index is -0.818. The summed E-state index contributed by atoms with van der Waals surface area (Å²) in [7, 11) is 0. The number of hydrogen-bond donors (Lipinski definition) is 1. The lowest BCUT2D eigenvalue weighted by Crippen LogP contribution is -2.61. The summed E-state index contributed by atoms with van der Waals surface area (Å²) < 4.78 is 2.50. The number of rotatable bonds is 8. The molecular weight excluding hydrogens is 767 g/mol. The Labute approximate surface area is 375 Å². The van der Waals surface area contributed by atoms with E-state index in [4.69, 9.17) is 5.10 Å². The van der Waals surface area contributed by atoms with Gasteiger partial charge < -0.3 is 5.11 Å². The van der Waals surface area contributed by atoms with Gasteiger partial charge in [-0.25, -0.2) is 0 Å². The number of benzene rings is 5. The Bertz CT molecular complexity index is 2550. The molecule has 0 amide bonds. The largest absolute Gasteiger partial charge is 0.383 e. The SMILES string of the molecule is C[C@]12CCCC[C@]1(C)[C@@H]1CC[C@@]3(C)[C@@H](CC[C@@]3(O)C[n+]3c(-c4ccccc4)cc(-c4ccc(N5N=C(c6ccccc6)C[C@H]5c5ccccc5)cc4)cc3-c3ccccc3)[C@H]1CC2. The lowest BCUT2D eigenvalue weighted by Gasteiger charge is -2.65. The normalized spacial score (nSPS) is 31.2. The fourth-order valence-corrected chi connectivity index (χ4v) is 14.2. The van der Waals surface area contributed by atoms with Gasteiger partial charge in [0.05, 0.1) is 17.4 Å². The van der Waals surface area contributed by atoms with Gasteiger partial charge in [-0.15, -0.1) is 0 Å². The molecule has 4 saturated carbocycles. The van der Waals surface area contributed by atoms with Crippen molar-refractivity contribution in [2.45, 2.75) is 110 Å². The topological polar surface area (TPSA) is 39.7 Å². The summed E-state index contributed by atoms with van der Waals surface area (Å²) in [5.41, 5.74) is 11.5. The van der Waals surface area contributed by atoms with E-state index in [9.17, 15) is 5.11 Å². The maximum Gasteiger partial charge on any atom is 0.213 e. The van der Waals surface area contributed by atoms with E-state index in [-0.39, 0.29) is 11.5 Å². The molecule has 5 aromatic carbocycles. The van der Waals surface area contributed by atoms with Crippen LogP contribution in [-0.4, -0.2) is 16.4 Å². The summed E-state index contributed by atoms with van der Waals surface area (Å²) in [6.07, 6.45) is 13.5. The van der Waals surface area contributed by atoms with Gasteiger partial charge in [0.25, 0.3) is 0 Å². The van der Waals surface area contributed by atoms with Gasteiger partial charge in [-0.05, 0) is 139 Å². The second-order valence-corrected chi connectivity index (χ2v) is 20.9. The molecule has 4 aliphatic carbocycles. The van der Waals surface area contributed by atoms with Gasteiger partial charge in [0.15, 0.2) is 6.54 Å². The Balaban J connectivity index is 0.973. The second kappa shape index (κ2) is 15.7. The van der Waals surface area contributed by atoms with Gasteiger partial charge in [-0.3, -0.25) is 5.01 Å². The fourth-order valence-electron chi connectivity index (χ4n) is 14.2. The van der Waals surface area contributed by atoms with E-state index < -0.39 is 5.60 Å². The van der Waals surface area contributed by atoms with Crippen LogP contribution in [0.4, 0.5) is 5.69 Å². The maximum absolute atomic E-state index is 13.5. The molecule has 0 radical (unpaired) electrons. The van der Waals surface area contributed by atoms with Crippen LogP contribution in [-0.2, 0) is 6.54 Å². The van der Waals surface area contributed by atoms with Crippen molar-refractivity contribution in [3.05, 3.63) is 169 Å². The number of hydrogen-bond acceptors (Lipinski definition) is 3. The molecule has 0 spiro atoms. The lowest BCUT2D eigenvalue weighted by atomic mass is 9.40. The Kier molecular flexibility index (Phi) is 10.1. The summed E-state index contributed by atoms with van der Waals surface area (Å²) >= 11 is 0. The molecule has 5 aliphatic rings. The zero-order valence-electron chi connectivity index (χ0n) is 37.6. The summed E-state index contributed by atoms with van der Waals surface area (Å²) in [6, 6.07) is 57.1. The minimum Gasteiger partial charge on any atom is -0.383 e. The molecule has 4 fully saturated rings. The second-order valence-electron chi connectivity index (χ2n) is 20.9. The van der Waals surface area contributed by atoms with Crippen LogP contribution in [0.5, 0.6) is 0 Å². The number of hydrazone groups is 1. The van der Waals surface area contributed by atoms with Gasteiger partial charge in [0.2, 0.25) is 11.4 Å². The molecule has 2 heterocycles. The smallest absolute Gasteiger partial charge is 0.213 e. The summed E-state index contributed by atoms with van der Waals surface area (Å²) in [6.45, 7) is 8.39. The first kappa shape index (κ1) is 40.5. The molecule has 4 heteroatoms. The van der Waals surface area contributed by atoms with Gasteiger partial charge >= 0.3 is 0 Å². The highest BCUT2D eigenvalue weighted by molar-refractivity contribution is 6.03. The predicted molar refractivity (Wildman–Crippen MR) is 258 cm³/mol. The molecule has 63 heavy (non-hydrogen) atoms. The first-order valence-electron chi connectivity index (χ1n) is 24.2. The highest BCUT2D eigenvalue weighted by Crippen LogP contribution is 2.71. The average Bonchev–Trinajstić information content (AvgIpc) is 3.89. The zero-order chi connectivity index (χ0) is 42.8. The molecule has 320 valence electrons. The van der Waals surface area contributed by atoms with Crippen molar-refractivity contribution >= 4 is 11.4 Å². The van der Waals surface area contributed by atoms with Crippen molar-refractivity contribution in [3.8, 4) is 33.6 Å². The van der Waals surface area contributed by atoms with Gasteiger partial charge in [0, 0.05) is 35.1 Å². The third-order valence-corrected chi connectivity index (χ3v) is 18.1. The molecule has 0 saturated heterocycles. The van der Waals surface area contributed by atoms with Crippen LogP contribution in [0.3, 0.4) is 0 Å². The number of pyridine rings is 1. The van der Waals surface area contributed by atoms with Gasteiger partial charge in [-0.2, -0.15) is 9.67 Å². The first-order valence-corrected chi connectivity index (χ1v) is 24.2. The van der Waals surface area contributed by atoms with Crippen molar-refractivity contribution in [1.82, 2.24) is 0 Å². The van der Waals surface area contributed by atoms with Crippen LogP contribution >= 0.6 is 0 Å². The van der Waals surface area contributed by atoms with E-state index in [1.165, 1.54) is 72.8 Å². The van der Waals surface area contributed by atoms with Crippen LogP contribution in [0.1, 0.15) is 109 Å². The monoisotopic (exact) mass is 831 g/mol. The summed E-state index contributed by atoms with van der Waals surface area (Å²) in [5, 5.41) is 20.9. The molecule has 4 nitrogen and oxygen atoms in total. The van der Waals surface area contributed by atoms with Crippen LogP contribution in [0.2, 0.25) is 0 Å². The van der Waals surface area contributed by atoms with E-state index in [1.807, 2.05) is 0 Å². The third kappa shape index (κ3) is 6.73. The van der Waals surface area contributed by atoms with Crippen LogP contribution in [0.25, 0.3) is 33.6 Å². The molecule has 0 unspecified atom stereocenters. The lowest BCUT2D eigenvalue weighted by molar-refractivity contribution is -0.692. The molecular formula is C59H64N3O+. The Morgan fingerprint density at radius 1 is 0.556 bits per heavy atom. The molecule has 1 N–H and O–H groups in total. The Hall–Kier alpha value is -5.32. The van der Waals surface area contributed by atoms with E-state index in [0.29, 0.717) is 29.2 Å². The quantitative estimate of drug-likeness (QED) is 0.155. The number of fused-ring (bicyclic) bond motifs is 5. The number of aliphatic hydroxyl groups is 1. The average molecular weight is 831 g/mol. The standard InChI is InChI=1S/C59H64N3O/c1-56-33-16-17-34-57(56,2)50-31-36-58(3)51(49(50)30-35-56)32-37-59(58,63)41-61-53(44-20-10-5-11-21-44)38-47(39-54(61)45-22-12-6-13-23-45)42-26-28-48(29-27-42)62-55(46-24-14-7-15-25-46)40-52(60-62)43-18-8-4-9-19-43/h4-15,18-29,38-39,49-51,55,63H,16-17,30-37,40-41H2,1-3H3/q+1/t49-,50+,51-,55-,56+,57+,58-,59+/m0/s1. The number of nitrogens with zero attached hydrogens (tertiary/aromatic N) is 3. The van der Waals surface area contributed by atoms with Crippen molar-refractivity contribution in [2.75, 3.05) is 5.01 Å². The van der Waals surface area contributed by atoms with E-state index in [0.717, 1.165) is 60.0 Å². The van der Waals surface area contributed by atoms with Crippen LogP contribution in [0.15, 0.2) is 163 Å². The van der Waals surface area contributed by atoms with Crippen LogP contribution in [0, 0.1) is 34.0 Å². The summed E-state index contributed by atoms with van der Waals surface area (Å²) in [5.74, 6) is 2.06. The van der Waals surface area contributed by atoms with Gasteiger partial charge in [-0.1, -0.05) is 143 Å². The van der Waals surface area contributed by atoms with Crippen molar-refractivity contribution in [1.29, 1.82) is 0 Å². The number of aromatic nitrogens is 1. The summed E-state index contributed by atoms with van der Waals surface area (Å²) in [4.78, 5) is 0. The Morgan fingerprint density at radius 2 is 1.11 bits per heavy atom. The fraction of sp³-hybridized carbons (Fsp3) is 0.390. The van der Waals surface area contributed by atoms with Crippen molar-refractivity contribution in [3.63, 3.8) is 0 Å². The zero-order valence-corrected chi connectivity index (χ0v) is 37.6. The van der Waals surface area contributed by atoms with E-state index >= 15 is 0 Å². The molecule has 1 aromatic heterocycles. The predicted octanol–water partition coefficient (Wildman–Crippen LogP) is 13.9. The third-order valence-electron chi connectivity index (χ3n) is 18.1. The van der Waals surface area contributed by atoms with Crippen LogP contribution < -0.4 is 9.58 Å². The Morgan fingerprint density at radius 3 is 1.75 bits per heavy atom. The molecule has 6 aromatic rings. The molecule has 0 bridgehead atoms.